The predicted molar refractivity (Wildman–Crippen MR) is 99.1 cm³/mol. The number of hydrogen-bond donors (Lipinski definition) is 2. The Bertz CT molecular complexity index is 614. The number of nitrogens with one attached hydrogen (secondary N) is 2. The molecule has 0 radical (unpaired) electrons. The summed E-state index contributed by atoms with van der Waals surface area (Å²) >= 11 is 0. The molecular weight excluding hydrogens is 312 g/mol. The summed E-state index contributed by atoms with van der Waals surface area (Å²) in [6.07, 6.45) is 5.26. The van der Waals surface area contributed by atoms with Crippen LogP contribution in [-0.2, 0) is 4.79 Å². The van der Waals surface area contributed by atoms with Gasteiger partial charge in [0.05, 0.1) is 0 Å². The first kappa shape index (κ1) is 18.0. The monoisotopic (exact) mass is 342 g/mol. The van der Waals surface area contributed by atoms with Gasteiger partial charge in [0, 0.05) is 11.6 Å². The molecule has 4 nitrogen and oxygen atoms in total. The Morgan fingerprint density at radius 1 is 1.00 bits per heavy atom. The van der Waals surface area contributed by atoms with Gasteiger partial charge in [-0.25, -0.2) is 0 Å². The van der Waals surface area contributed by atoms with E-state index in [0.717, 1.165) is 11.8 Å². The molecule has 0 aromatic heterocycles. The van der Waals surface area contributed by atoms with Crippen molar-refractivity contribution in [3.63, 3.8) is 0 Å². The van der Waals surface area contributed by atoms with Crippen LogP contribution in [0, 0.1) is 23.7 Å². The van der Waals surface area contributed by atoms with Crippen molar-refractivity contribution in [2.45, 2.75) is 58.5 Å². The molecule has 1 aromatic rings. The Morgan fingerprint density at radius 3 is 2.28 bits per heavy atom. The van der Waals surface area contributed by atoms with Crippen LogP contribution in [0.4, 0.5) is 0 Å². The van der Waals surface area contributed by atoms with Crippen LogP contribution in [0.15, 0.2) is 30.3 Å². The van der Waals surface area contributed by atoms with Gasteiger partial charge in [0.1, 0.15) is 6.04 Å². The van der Waals surface area contributed by atoms with Gasteiger partial charge in [-0.2, -0.15) is 0 Å². The highest BCUT2D eigenvalue weighted by molar-refractivity contribution is 5.97. The van der Waals surface area contributed by atoms with Crippen molar-refractivity contribution in [3.8, 4) is 0 Å². The van der Waals surface area contributed by atoms with Gasteiger partial charge < -0.3 is 10.6 Å². The van der Waals surface area contributed by atoms with E-state index in [0.29, 0.717) is 11.5 Å². The molecule has 136 valence electrons. The molecule has 2 N–H and O–H groups in total. The van der Waals surface area contributed by atoms with E-state index in [9.17, 15) is 9.59 Å². The summed E-state index contributed by atoms with van der Waals surface area (Å²) in [5, 5.41) is 6.10. The zero-order valence-corrected chi connectivity index (χ0v) is 15.5. The predicted octanol–water partition coefficient (Wildman–Crippen LogP) is 3.38. The maximum absolute atomic E-state index is 12.8. The quantitative estimate of drug-likeness (QED) is 0.832. The number of carbonyl (C=O) groups excluding carboxylic acids is 2. The summed E-state index contributed by atoms with van der Waals surface area (Å²) in [5.74, 6) is 2.03. The minimum absolute atomic E-state index is 0.0416. The molecule has 2 aliphatic rings. The van der Waals surface area contributed by atoms with E-state index in [1.54, 1.807) is 12.1 Å². The molecule has 2 saturated carbocycles. The smallest absolute Gasteiger partial charge is 0.251 e. The van der Waals surface area contributed by atoms with Crippen LogP contribution >= 0.6 is 0 Å². The minimum atomic E-state index is -0.506. The molecule has 2 fully saturated rings. The molecular formula is C21H30N2O2. The molecule has 25 heavy (non-hydrogen) atoms. The van der Waals surface area contributed by atoms with Crippen LogP contribution < -0.4 is 10.6 Å². The number of benzene rings is 1. The van der Waals surface area contributed by atoms with Crippen LogP contribution in [0.5, 0.6) is 0 Å². The van der Waals surface area contributed by atoms with Crippen LogP contribution in [0.1, 0.15) is 56.8 Å². The van der Waals surface area contributed by atoms with Crippen molar-refractivity contribution in [3.05, 3.63) is 35.9 Å². The lowest BCUT2D eigenvalue weighted by atomic mass is 9.84. The average Bonchev–Trinajstić information content (AvgIpc) is 3.23. The molecule has 2 amide bonds. The zero-order chi connectivity index (χ0) is 18.0. The van der Waals surface area contributed by atoms with Crippen molar-refractivity contribution in [2.24, 2.45) is 23.7 Å². The average molecular weight is 342 g/mol. The minimum Gasteiger partial charge on any atom is -0.352 e. The summed E-state index contributed by atoms with van der Waals surface area (Å²) in [4.78, 5) is 25.2. The highest BCUT2D eigenvalue weighted by atomic mass is 16.2. The summed E-state index contributed by atoms with van der Waals surface area (Å²) < 4.78 is 0. The number of rotatable bonds is 6. The van der Waals surface area contributed by atoms with Crippen molar-refractivity contribution < 1.29 is 9.59 Å². The molecule has 5 atom stereocenters. The van der Waals surface area contributed by atoms with Gasteiger partial charge in [0.2, 0.25) is 5.91 Å². The number of amides is 2. The standard InChI is InChI=1S/C21H30N2O2/c1-13(2)19(23-20(24)16-7-5-4-6-8-16)21(25)22-14(3)18-12-15-9-10-17(18)11-15/h4-8,13-15,17-19H,9-12H2,1-3H3,(H,22,25)(H,23,24). The summed E-state index contributed by atoms with van der Waals surface area (Å²) in [7, 11) is 0. The van der Waals surface area contributed by atoms with Crippen LogP contribution in [0.2, 0.25) is 0 Å². The molecule has 0 heterocycles. The zero-order valence-electron chi connectivity index (χ0n) is 15.5. The molecule has 0 spiro atoms. The second kappa shape index (κ2) is 7.59. The van der Waals surface area contributed by atoms with Gasteiger partial charge in [-0.05, 0) is 62.0 Å². The van der Waals surface area contributed by atoms with Gasteiger partial charge in [-0.1, -0.05) is 38.5 Å². The first-order valence-electron chi connectivity index (χ1n) is 9.62. The second-order valence-electron chi connectivity index (χ2n) is 8.20. The fraction of sp³-hybridized carbons (Fsp3) is 0.619. The topological polar surface area (TPSA) is 58.2 Å². The molecule has 2 bridgehead atoms. The van der Waals surface area contributed by atoms with Gasteiger partial charge >= 0.3 is 0 Å². The van der Waals surface area contributed by atoms with E-state index in [4.69, 9.17) is 0 Å². The van der Waals surface area contributed by atoms with E-state index in [-0.39, 0.29) is 23.8 Å². The Balaban J connectivity index is 1.60. The fourth-order valence-corrected chi connectivity index (χ4v) is 4.68. The first-order chi connectivity index (χ1) is 12.0. The molecule has 0 aliphatic heterocycles. The van der Waals surface area contributed by atoms with Crippen molar-refractivity contribution in [1.82, 2.24) is 10.6 Å². The molecule has 0 saturated heterocycles. The second-order valence-corrected chi connectivity index (χ2v) is 8.20. The van der Waals surface area contributed by atoms with E-state index in [1.807, 2.05) is 32.0 Å². The third-order valence-corrected chi connectivity index (χ3v) is 6.08. The molecule has 5 unspecified atom stereocenters. The third-order valence-electron chi connectivity index (χ3n) is 6.08. The highest BCUT2D eigenvalue weighted by Crippen LogP contribution is 2.49. The van der Waals surface area contributed by atoms with E-state index >= 15 is 0 Å². The normalized spacial score (nSPS) is 27.1. The third kappa shape index (κ3) is 4.05. The number of fused-ring (bicyclic) bond motifs is 2. The van der Waals surface area contributed by atoms with E-state index < -0.39 is 6.04 Å². The van der Waals surface area contributed by atoms with Crippen LogP contribution in [0.25, 0.3) is 0 Å². The molecule has 1 aromatic carbocycles. The van der Waals surface area contributed by atoms with E-state index in [2.05, 4.69) is 17.6 Å². The highest BCUT2D eigenvalue weighted by Gasteiger charge is 2.42. The number of carbonyl (C=O) groups is 2. The molecule has 4 heteroatoms. The number of hydrogen-bond acceptors (Lipinski definition) is 2. The maximum atomic E-state index is 12.8. The first-order valence-corrected chi connectivity index (χ1v) is 9.62. The molecule has 2 aliphatic carbocycles. The Labute approximate surface area is 150 Å². The lowest BCUT2D eigenvalue weighted by Crippen LogP contribution is -2.53. The fourth-order valence-electron chi connectivity index (χ4n) is 4.68. The SMILES string of the molecule is CC(C)C(NC(=O)c1ccccc1)C(=O)NC(C)C1CC2CCC1C2. The van der Waals surface area contributed by atoms with E-state index in [1.165, 1.54) is 25.7 Å². The Hall–Kier alpha value is -1.84. The van der Waals surface area contributed by atoms with Gasteiger partial charge in [-0.15, -0.1) is 0 Å². The van der Waals surface area contributed by atoms with Crippen molar-refractivity contribution in [1.29, 1.82) is 0 Å². The van der Waals surface area contributed by atoms with Crippen molar-refractivity contribution in [2.75, 3.05) is 0 Å². The Kier molecular flexibility index (Phi) is 5.45. The summed E-state index contributed by atoms with van der Waals surface area (Å²) in [6, 6.07) is 8.74. The van der Waals surface area contributed by atoms with Crippen LogP contribution in [0.3, 0.4) is 0 Å². The van der Waals surface area contributed by atoms with Crippen molar-refractivity contribution >= 4 is 11.8 Å². The van der Waals surface area contributed by atoms with Gasteiger partial charge in [-0.3, -0.25) is 9.59 Å². The maximum Gasteiger partial charge on any atom is 0.251 e. The molecule has 3 rings (SSSR count). The lowest BCUT2D eigenvalue weighted by Gasteiger charge is -2.31. The van der Waals surface area contributed by atoms with Gasteiger partial charge in [0.25, 0.3) is 5.91 Å². The van der Waals surface area contributed by atoms with Gasteiger partial charge in [0.15, 0.2) is 0 Å². The Morgan fingerprint density at radius 2 is 1.72 bits per heavy atom. The summed E-state index contributed by atoms with van der Waals surface area (Å²) in [5.41, 5.74) is 0.585. The lowest BCUT2D eigenvalue weighted by molar-refractivity contribution is -0.125. The summed E-state index contributed by atoms with van der Waals surface area (Å²) in [6.45, 7) is 6.06. The largest absolute Gasteiger partial charge is 0.352 e. The van der Waals surface area contributed by atoms with Crippen LogP contribution in [-0.4, -0.2) is 23.9 Å².